The van der Waals surface area contributed by atoms with E-state index in [1.807, 2.05) is 23.6 Å². The van der Waals surface area contributed by atoms with Crippen molar-refractivity contribution in [3.8, 4) is 0 Å². The molecule has 68 heavy (non-hydrogen) atoms. The SMILES string of the molecule is CCC(c1cccc(C(F)(F)F)c1)N1CCN(CCCCCC2=NCc3ccccc3C2)C1=O.CC[C@@H](c1cccc(C(F)(F)F)c1)N1CCN(CCCCCC2=NCc3ccccc3C2)C1=O. The summed E-state index contributed by atoms with van der Waals surface area (Å²) in [4.78, 5) is 42.6. The molecule has 4 aromatic carbocycles. The van der Waals surface area contributed by atoms with Gasteiger partial charge in [0.1, 0.15) is 0 Å². The maximum Gasteiger partial charge on any atom is 0.416 e. The van der Waals surface area contributed by atoms with Crippen LogP contribution in [0.5, 0.6) is 0 Å². The summed E-state index contributed by atoms with van der Waals surface area (Å²) < 4.78 is 78.9. The number of hydrogen-bond acceptors (Lipinski definition) is 4. The number of nitrogens with zero attached hydrogens (tertiary/aromatic N) is 6. The average molecular weight is 943 g/mol. The summed E-state index contributed by atoms with van der Waals surface area (Å²) in [7, 11) is 0. The van der Waals surface area contributed by atoms with Crippen molar-refractivity contribution in [2.75, 3.05) is 39.3 Å². The second kappa shape index (κ2) is 23.1. The lowest BCUT2D eigenvalue weighted by molar-refractivity contribution is -0.138. The highest BCUT2D eigenvalue weighted by Crippen LogP contribution is 2.36. The number of unbranched alkanes of at least 4 members (excludes halogenated alkanes) is 4. The van der Waals surface area contributed by atoms with Gasteiger partial charge < -0.3 is 19.6 Å². The van der Waals surface area contributed by atoms with E-state index in [-0.39, 0.29) is 24.1 Å². The smallest absolute Gasteiger partial charge is 0.323 e. The number of halogens is 6. The second-order valence-electron chi connectivity index (χ2n) is 18.3. The molecule has 4 heterocycles. The first kappa shape index (κ1) is 50.2. The molecule has 14 heteroatoms. The maximum absolute atomic E-state index is 13.1. The zero-order chi connectivity index (χ0) is 48.3. The van der Waals surface area contributed by atoms with Crippen LogP contribution in [0.2, 0.25) is 0 Å². The molecule has 0 radical (unpaired) electrons. The Hall–Kier alpha value is -5.66. The van der Waals surface area contributed by atoms with Gasteiger partial charge in [0, 0.05) is 63.5 Å². The minimum Gasteiger partial charge on any atom is -0.323 e. The molecule has 4 aromatic rings. The lowest BCUT2D eigenvalue weighted by Gasteiger charge is -2.28. The summed E-state index contributed by atoms with van der Waals surface area (Å²) in [5, 5.41) is 0. The second-order valence-corrected chi connectivity index (χ2v) is 18.3. The van der Waals surface area contributed by atoms with Crippen molar-refractivity contribution < 1.29 is 35.9 Å². The maximum atomic E-state index is 13.1. The van der Waals surface area contributed by atoms with Gasteiger partial charge in [-0.3, -0.25) is 9.98 Å². The van der Waals surface area contributed by atoms with E-state index in [1.165, 1.54) is 57.9 Å². The van der Waals surface area contributed by atoms with Crippen molar-refractivity contribution in [2.45, 2.75) is 128 Å². The molecule has 8 nitrogen and oxygen atoms in total. The Labute approximate surface area is 397 Å². The van der Waals surface area contributed by atoms with Gasteiger partial charge in [-0.05, 0) is 109 Å². The number of aliphatic imine (C=N–C) groups is 2. The summed E-state index contributed by atoms with van der Waals surface area (Å²) >= 11 is 0. The summed E-state index contributed by atoms with van der Waals surface area (Å²) in [6, 6.07) is 26.8. The quantitative estimate of drug-likeness (QED) is 0.0736. The van der Waals surface area contributed by atoms with E-state index in [2.05, 4.69) is 48.5 Å². The lowest BCUT2D eigenvalue weighted by atomic mass is 9.96. The average Bonchev–Trinajstić information content (AvgIpc) is 3.88. The number of benzene rings is 4. The number of fused-ring (bicyclic) bond motifs is 2. The van der Waals surface area contributed by atoms with Crippen molar-refractivity contribution in [3.63, 3.8) is 0 Å². The van der Waals surface area contributed by atoms with Gasteiger partial charge in [0.15, 0.2) is 0 Å². The van der Waals surface area contributed by atoms with Gasteiger partial charge in [-0.1, -0.05) is 99.5 Å². The summed E-state index contributed by atoms with van der Waals surface area (Å²) in [6.45, 7) is 9.07. The molecule has 2 fully saturated rings. The van der Waals surface area contributed by atoms with Crippen LogP contribution in [0, 0.1) is 0 Å². The van der Waals surface area contributed by atoms with Crippen LogP contribution >= 0.6 is 0 Å². The Kier molecular flexibility index (Phi) is 17.1. The van der Waals surface area contributed by atoms with Gasteiger partial charge in [-0.2, -0.15) is 26.3 Å². The summed E-state index contributed by atoms with van der Waals surface area (Å²) in [5.41, 5.74) is 7.66. The van der Waals surface area contributed by atoms with Crippen LogP contribution in [-0.2, 0) is 38.3 Å². The minimum absolute atomic E-state index is 0.0717. The van der Waals surface area contributed by atoms with Crippen LogP contribution < -0.4 is 0 Å². The number of alkyl halides is 6. The van der Waals surface area contributed by atoms with Crippen molar-refractivity contribution in [2.24, 2.45) is 9.98 Å². The van der Waals surface area contributed by atoms with E-state index >= 15 is 0 Å². The molecule has 4 amide bonds. The van der Waals surface area contributed by atoms with Gasteiger partial charge in [0.05, 0.1) is 36.3 Å². The van der Waals surface area contributed by atoms with Crippen LogP contribution in [0.25, 0.3) is 0 Å². The molecule has 0 spiro atoms. The van der Waals surface area contributed by atoms with Gasteiger partial charge in [-0.25, -0.2) is 9.59 Å². The number of hydrogen-bond donors (Lipinski definition) is 0. The fourth-order valence-corrected chi connectivity index (χ4v) is 9.98. The van der Waals surface area contributed by atoms with E-state index in [9.17, 15) is 35.9 Å². The van der Waals surface area contributed by atoms with Gasteiger partial charge in [0.2, 0.25) is 0 Å². The van der Waals surface area contributed by atoms with Crippen molar-refractivity contribution in [3.05, 3.63) is 142 Å². The minimum atomic E-state index is -4.39. The molecule has 1 unspecified atom stereocenters. The fourth-order valence-electron chi connectivity index (χ4n) is 9.98. The predicted molar refractivity (Wildman–Crippen MR) is 256 cm³/mol. The first-order valence-electron chi connectivity index (χ1n) is 24.4. The van der Waals surface area contributed by atoms with Gasteiger partial charge in [0.25, 0.3) is 0 Å². The van der Waals surface area contributed by atoms with Gasteiger partial charge >= 0.3 is 24.4 Å². The molecule has 2 atom stereocenters. The molecule has 0 aliphatic carbocycles. The molecular formula is C54H64F6N6O2. The Bertz CT molecular complexity index is 2230. The van der Waals surface area contributed by atoms with Crippen molar-refractivity contribution >= 4 is 23.5 Å². The molecule has 4 aliphatic heterocycles. The zero-order valence-corrected chi connectivity index (χ0v) is 39.3. The van der Waals surface area contributed by atoms with Crippen LogP contribution in [-0.4, -0.2) is 82.4 Å². The van der Waals surface area contributed by atoms with E-state index in [4.69, 9.17) is 9.98 Å². The largest absolute Gasteiger partial charge is 0.416 e. The zero-order valence-electron chi connectivity index (χ0n) is 39.3. The Balaban J connectivity index is 0.000000201. The number of urea groups is 2. The molecule has 364 valence electrons. The Morgan fingerprint density at radius 3 is 1.28 bits per heavy atom. The number of carbonyl (C=O) groups excluding carboxylic acids is 2. The van der Waals surface area contributed by atoms with E-state index in [0.29, 0.717) is 63.2 Å². The normalized spacial score (nSPS) is 17.1. The number of carbonyl (C=O) groups is 2. The van der Waals surface area contributed by atoms with Crippen LogP contribution in [0.1, 0.15) is 135 Å². The molecule has 8 rings (SSSR count). The number of rotatable bonds is 18. The first-order valence-corrected chi connectivity index (χ1v) is 24.4. The number of amides is 4. The molecule has 0 aromatic heterocycles. The molecule has 0 saturated carbocycles. The fraction of sp³-hybridized carbons (Fsp3) is 0.481. The highest BCUT2D eigenvalue weighted by atomic mass is 19.4. The van der Waals surface area contributed by atoms with E-state index in [0.717, 1.165) is 89.4 Å². The van der Waals surface area contributed by atoms with Crippen LogP contribution in [0.15, 0.2) is 107 Å². The third-order valence-electron chi connectivity index (χ3n) is 13.7. The Morgan fingerprint density at radius 1 is 0.500 bits per heavy atom. The van der Waals surface area contributed by atoms with Gasteiger partial charge in [-0.15, -0.1) is 0 Å². The van der Waals surface area contributed by atoms with Crippen LogP contribution in [0.4, 0.5) is 35.9 Å². The molecular weight excluding hydrogens is 879 g/mol. The van der Waals surface area contributed by atoms with E-state index < -0.39 is 23.5 Å². The Morgan fingerprint density at radius 2 is 0.897 bits per heavy atom. The monoisotopic (exact) mass is 942 g/mol. The van der Waals surface area contributed by atoms with Crippen LogP contribution in [0.3, 0.4) is 0 Å². The summed E-state index contributed by atoms with van der Waals surface area (Å²) in [6.07, 6.45) is 2.21. The molecule has 0 bridgehead atoms. The topological polar surface area (TPSA) is 71.8 Å². The first-order chi connectivity index (χ1) is 32.7. The summed E-state index contributed by atoms with van der Waals surface area (Å²) in [5.74, 6) is 0. The molecule has 0 N–H and O–H groups in total. The third kappa shape index (κ3) is 12.9. The van der Waals surface area contributed by atoms with E-state index in [1.54, 1.807) is 21.9 Å². The standard InChI is InChI=1S/2C27H32F3N3O/c2*1-2-25(21-11-8-12-23(17-21)27(28,29)30)33-16-15-32(26(33)34)14-7-3-4-13-24-18-20-9-5-6-10-22(20)19-31-24/h2*5-6,8-12,17,25H,2-4,7,13-16,18-19H2,1H3/t25-;/m0./s1. The van der Waals surface area contributed by atoms with Crippen molar-refractivity contribution in [1.82, 2.24) is 19.6 Å². The highest BCUT2D eigenvalue weighted by molar-refractivity contribution is 5.88. The molecule has 2 saturated heterocycles. The highest BCUT2D eigenvalue weighted by Gasteiger charge is 2.37. The third-order valence-corrected chi connectivity index (χ3v) is 13.7. The molecule has 4 aliphatic rings. The van der Waals surface area contributed by atoms with Crippen molar-refractivity contribution in [1.29, 1.82) is 0 Å². The predicted octanol–water partition coefficient (Wildman–Crippen LogP) is 13.3. The lowest BCUT2D eigenvalue weighted by Crippen LogP contribution is -2.35.